The molecule has 5 nitrogen and oxygen atoms in total. The van der Waals surface area contributed by atoms with Gasteiger partial charge in [0.25, 0.3) is 0 Å². The Hall–Kier alpha value is -1.37. The summed E-state index contributed by atoms with van der Waals surface area (Å²) in [6.07, 6.45) is 3.28. The number of nitrogens with one attached hydrogen (secondary N) is 2. The summed E-state index contributed by atoms with van der Waals surface area (Å²) in [7, 11) is -1.73. The molecular formula is C14H21N3O2S. The third kappa shape index (κ3) is 3.59. The lowest BCUT2D eigenvalue weighted by atomic mass is 10.0. The minimum Gasteiger partial charge on any atom is -0.361 e. The molecule has 110 valence electrons. The Morgan fingerprint density at radius 3 is 2.80 bits per heavy atom. The first-order chi connectivity index (χ1) is 9.41. The third-order valence-electron chi connectivity index (χ3n) is 3.34. The van der Waals surface area contributed by atoms with Gasteiger partial charge in [0.05, 0.1) is 5.75 Å². The van der Waals surface area contributed by atoms with E-state index in [4.69, 9.17) is 5.73 Å². The molecule has 0 saturated carbocycles. The molecule has 4 N–H and O–H groups in total. The average molecular weight is 295 g/mol. The Morgan fingerprint density at radius 1 is 1.40 bits per heavy atom. The molecule has 2 aromatic rings. The Kier molecular flexibility index (Phi) is 4.47. The van der Waals surface area contributed by atoms with Crippen LogP contribution in [0.25, 0.3) is 10.9 Å². The maximum Gasteiger partial charge on any atom is 0.211 e. The zero-order chi connectivity index (χ0) is 14.8. The molecule has 0 aliphatic rings. The number of nitrogens with two attached hydrogens (primary N) is 1. The largest absolute Gasteiger partial charge is 0.361 e. The molecule has 6 heteroatoms. The molecule has 0 saturated heterocycles. The van der Waals surface area contributed by atoms with Crippen molar-refractivity contribution in [2.24, 2.45) is 5.73 Å². The molecule has 1 aromatic carbocycles. The van der Waals surface area contributed by atoms with E-state index < -0.39 is 10.0 Å². The molecule has 1 aromatic heterocycles. The van der Waals surface area contributed by atoms with Crippen molar-refractivity contribution in [1.29, 1.82) is 0 Å². The van der Waals surface area contributed by atoms with Gasteiger partial charge in [-0.3, -0.25) is 0 Å². The van der Waals surface area contributed by atoms with Crippen LogP contribution in [0.1, 0.15) is 18.1 Å². The van der Waals surface area contributed by atoms with E-state index in [1.54, 1.807) is 0 Å². The zero-order valence-corrected chi connectivity index (χ0v) is 12.6. The molecule has 0 bridgehead atoms. The van der Waals surface area contributed by atoms with Crippen LogP contribution in [-0.4, -0.2) is 32.2 Å². The van der Waals surface area contributed by atoms with Gasteiger partial charge in [-0.05, 0) is 50.1 Å². The maximum absolute atomic E-state index is 11.5. The zero-order valence-electron chi connectivity index (χ0n) is 11.8. The third-order valence-corrected chi connectivity index (χ3v) is 4.71. The van der Waals surface area contributed by atoms with Crippen LogP contribution in [0.15, 0.2) is 24.4 Å². The summed E-state index contributed by atoms with van der Waals surface area (Å²) in [6, 6.07) is 6.10. The van der Waals surface area contributed by atoms with Gasteiger partial charge in [-0.15, -0.1) is 0 Å². The molecule has 2 rings (SSSR count). The fourth-order valence-corrected chi connectivity index (χ4v) is 2.96. The standard InChI is InChI=1S/C14H21N3O2S/c1-10(15)7-12-9-17-14-4-3-11(8-13(12)14)5-6-20(18,19)16-2/h3-4,8-10,16-17H,5-7,15H2,1-2H3. The van der Waals surface area contributed by atoms with Gasteiger partial charge in [-0.1, -0.05) is 6.07 Å². The summed E-state index contributed by atoms with van der Waals surface area (Å²) in [5.41, 5.74) is 9.09. The normalized spacial score (nSPS) is 13.8. The van der Waals surface area contributed by atoms with Crippen LogP contribution in [0.4, 0.5) is 0 Å². The van der Waals surface area contributed by atoms with E-state index in [1.165, 1.54) is 12.6 Å². The van der Waals surface area contributed by atoms with Crippen molar-refractivity contribution in [1.82, 2.24) is 9.71 Å². The van der Waals surface area contributed by atoms with Crippen LogP contribution in [0.2, 0.25) is 0 Å². The number of hydrogen-bond donors (Lipinski definition) is 3. The highest BCUT2D eigenvalue weighted by Gasteiger charge is 2.10. The number of aromatic amines is 1. The van der Waals surface area contributed by atoms with E-state index in [0.29, 0.717) is 6.42 Å². The van der Waals surface area contributed by atoms with Crippen molar-refractivity contribution in [3.8, 4) is 0 Å². The monoisotopic (exact) mass is 295 g/mol. The molecular weight excluding hydrogens is 274 g/mol. The number of aryl methyl sites for hydroxylation is 1. The first-order valence-electron chi connectivity index (χ1n) is 6.67. The number of benzene rings is 1. The number of sulfonamides is 1. The fraction of sp³-hybridized carbons (Fsp3) is 0.429. The highest BCUT2D eigenvalue weighted by Crippen LogP contribution is 2.21. The van der Waals surface area contributed by atoms with Gasteiger partial charge < -0.3 is 10.7 Å². The number of fused-ring (bicyclic) bond motifs is 1. The van der Waals surface area contributed by atoms with E-state index in [-0.39, 0.29) is 11.8 Å². The van der Waals surface area contributed by atoms with Crippen LogP contribution >= 0.6 is 0 Å². The minimum atomic E-state index is -3.16. The molecule has 1 heterocycles. The molecule has 0 fully saturated rings. The second kappa shape index (κ2) is 5.95. The van der Waals surface area contributed by atoms with Crippen LogP contribution in [-0.2, 0) is 22.9 Å². The van der Waals surface area contributed by atoms with E-state index in [2.05, 4.69) is 15.8 Å². The van der Waals surface area contributed by atoms with Crippen molar-refractivity contribution >= 4 is 20.9 Å². The van der Waals surface area contributed by atoms with Crippen LogP contribution in [0.5, 0.6) is 0 Å². The topological polar surface area (TPSA) is 88.0 Å². The lowest BCUT2D eigenvalue weighted by Gasteiger charge is -2.06. The second-order valence-corrected chi connectivity index (χ2v) is 7.19. The predicted octanol–water partition coefficient (Wildman–Crippen LogP) is 1.15. The number of aromatic nitrogens is 1. The van der Waals surface area contributed by atoms with Gasteiger partial charge >= 0.3 is 0 Å². The molecule has 1 unspecified atom stereocenters. The Labute approximate surface area is 119 Å². The first kappa shape index (κ1) is 15.0. The number of H-pyrrole nitrogens is 1. The van der Waals surface area contributed by atoms with Crippen LogP contribution < -0.4 is 10.5 Å². The quantitative estimate of drug-likeness (QED) is 0.747. The summed E-state index contributed by atoms with van der Waals surface area (Å²) < 4.78 is 25.3. The molecule has 0 spiro atoms. The Morgan fingerprint density at radius 2 is 2.15 bits per heavy atom. The smallest absolute Gasteiger partial charge is 0.211 e. The lowest BCUT2D eigenvalue weighted by molar-refractivity contribution is 0.587. The molecule has 0 aliphatic carbocycles. The van der Waals surface area contributed by atoms with Crippen molar-refractivity contribution in [3.63, 3.8) is 0 Å². The number of hydrogen-bond acceptors (Lipinski definition) is 3. The molecule has 0 radical (unpaired) electrons. The van der Waals surface area contributed by atoms with E-state index in [1.807, 2.05) is 25.3 Å². The van der Waals surface area contributed by atoms with Crippen molar-refractivity contribution in [2.75, 3.05) is 12.8 Å². The second-order valence-electron chi connectivity index (χ2n) is 5.15. The minimum absolute atomic E-state index is 0.0993. The van der Waals surface area contributed by atoms with Crippen LogP contribution in [0.3, 0.4) is 0 Å². The lowest BCUT2D eigenvalue weighted by Crippen LogP contribution is -2.23. The maximum atomic E-state index is 11.5. The van der Waals surface area contributed by atoms with Gasteiger partial charge in [-0.2, -0.15) is 0 Å². The number of rotatable bonds is 6. The molecule has 20 heavy (non-hydrogen) atoms. The Balaban J connectivity index is 2.23. The Bertz CT molecular complexity index is 690. The highest BCUT2D eigenvalue weighted by atomic mass is 32.2. The van der Waals surface area contributed by atoms with E-state index in [9.17, 15) is 8.42 Å². The molecule has 0 aliphatic heterocycles. The van der Waals surface area contributed by atoms with E-state index >= 15 is 0 Å². The summed E-state index contributed by atoms with van der Waals surface area (Å²) >= 11 is 0. The van der Waals surface area contributed by atoms with Crippen LogP contribution in [0, 0.1) is 0 Å². The highest BCUT2D eigenvalue weighted by molar-refractivity contribution is 7.89. The van der Waals surface area contributed by atoms with Crippen molar-refractivity contribution < 1.29 is 8.42 Å². The summed E-state index contributed by atoms with van der Waals surface area (Å²) in [6.45, 7) is 1.97. The predicted molar refractivity (Wildman–Crippen MR) is 82.2 cm³/mol. The van der Waals surface area contributed by atoms with Crippen molar-refractivity contribution in [2.45, 2.75) is 25.8 Å². The summed E-state index contributed by atoms with van der Waals surface area (Å²) in [5, 5.41) is 1.13. The molecule has 1 atom stereocenters. The van der Waals surface area contributed by atoms with Gasteiger partial charge in [-0.25, -0.2) is 13.1 Å². The van der Waals surface area contributed by atoms with Gasteiger partial charge in [0, 0.05) is 23.1 Å². The summed E-state index contributed by atoms with van der Waals surface area (Å²) in [5.74, 6) is 0.0993. The first-order valence-corrected chi connectivity index (χ1v) is 8.32. The fourth-order valence-electron chi connectivity index (χ4n) is 2.25. The van der Waals surface area contributed by atoms with Gasteiger partial charge in [0.2, 0.25) is 10.0 Å². The van der Waals surface area contributed by atoms with E-state index in [0.717, 1.165) is 22.9 Å². The SMILES string of the molecule is CNS(=O)(=O)CCc1ccc2[nH]cc(CC(C)N)c2c1. The molecule has 0 amide bonds. The van der Waals surface area contributed by atoms with Crippen molar-refractivity contribution in [3.05, 3.63) is 35.5 Å². The van der Waals surface area contributed by atoms with Gasteiger partial charge in [0.15, 0.2) is 0 Å². The summed E-state index contributed by atoms with van der Waals surface area (Å²) in [4.78, 5) is 3.22. The van der Waals surface area contributed by atoms with Gasteiger partial charge in [0.1, 0.15) is 0 Å². The average Bonchev–Trinajstić information content (AvgIpc) is 2.79.